The molecule has 0 aliphatic rings. The van der Waals surface area contributed by atoms with Gasteiger partial charge in [-0.25, -0.2) is 0 Å². The third-order valence-corrected chi connectivity index (χ3v) is 4.47. The predicted molar refractivity (Wildman–Crippen MR) is 132 cm³/mol. The molecule has 1 aromatic carbocycles. The fourth-order valence-corrected chi connectivity index (χ4v) is 3.00. The molecule has 0 radical (unpaired) electrons. The first kappa shape index (κ1) is 25.5. The molecule has 32 heavy (non-hydrogen) atoms. The second-order valence-corrected chi connectivity index (χ2v) is 6.77. The van der Waals surface area contributed by atoms with Crippen molar-refractivity contribution in [1.29, 1.82) is 16.2 Å². The van der Waals surface area contributed by atoms with Crippen LogP contribution < -0.4 is 49.1 Å². The van der Waals surface area contributed by atoms with Crippen LogP contribution in [0.15, 0.2) is 21.0 Å². The van der Waals surface area contributed by atoms with Gasteiger partial charge in [0.15, 0.2) is 17.9 Å². The summed E-state index contributed by atoms with van der Waals surface area (Å²) in [6, 6.07) is 1.72. The molecule has 1 rings (SSSR count). The number of aliphatic imine (C=N–C) groups is 3. The average Bonchev–Trinajstić information content (AvgIpc) is 2.65. The fraction of sp³-hybridized carbons (Fsp3) is 0.294. The Morgan fingerprint density at radius 2 is 0.906 bits per heavy atom. The summed E-state index contributed by atoms with van der Waals surface area (Å²) >= 11 is 0. The lowest BCUT2D eigenvalue weighted by Gasteiger charge is -2.31. The standard InChI is InChI=1S/C17H31N15/c1-7-9(30(3)15(24)27-12(18)19)6-10(31(4)16(25)28-13(20)21)8(2)11(7)32(5)17(26)29-14(22)23/h6H,1-5H3,(H5,18,19,24,27)(H5,20,21,25,28)(H5,22,23,26,29). The van der Waals surface area contributed by atoms with Crippen molar-refractivity contribution in [2.75, 3.05) is 35.8 Å². The maximum absolute atomic E-state index is 8.22. The third-order valence-electron chi connectivity index (χ3n) is 4.47. The van der Waals surface area contributed by atoms with Crippen molar-refractivity contribution in [3.8, 4) is 0 Å². The van der Waals surface area contributed by atoms with Gasteiger partial charge in [-0.1, -0.05) is 0 Å². The maximum atomic E-state index is 8.22. The van der Waals surface area contributed by atoms with E-state index in [2.05, 4.69) is 15.0 Å². The number of anilines is 3. The molecule has 0 spiro atoms. The predicted octanol–water partition coefficient (Wildman–Crippen LogP) is -1.76. The van der Waals surface area contributed by atoms with E-state index >= 15 is 0 Å². The van der Waals surface area contributed by atoms with Crippen LogP contribution in [0.3, 0.4) is 0 Å². The average molecular weight is 446 g/mol. The van der Waals surface area contributed by atoms with Crippen LogP contribution in [0.25, 0.3) is 0 Å². The van der Waals surface area contributed by atoms with E-state index in [-0.39, 0.29) is 35.8 Å². The molecule has 1 aromatic rings. The van der Waals surface area contributed by atoms with Crippen molar-refractivity contribution >= 4 is 52.8 Å². The minimum Gasteiger partial charge on any atom is -0.370 e. The van der Waals surface area contributed by atoms with Crippen LogP contribution in [-0.2, 0) is 0 Å². The number of rotatable bonds is 3. The highest BCUT2D eigenvalue weighted by Gasteiger charge is 2.24. The summed E-state index contributed by atoms with van der Waals surface area (Å²) in [6.07, 6.45) is 0. The van der Waals surface area contributed by atoms with Gasteiger partial charge in [-0.15, -0.1) is 0 Å². The molecule has 15 nitrogen and oxygen atoms in total. The van der Waals surface area contributed by atoms with Crippen LogP contribution in [0.5, 0.6) is 0 Å². The molecule has 0 fully saturated rings. The van der Waals surface area contributed by atoms with E-state index in [4.69, 9.17) is 50.6 Å². The van der Waals surface area contributed by atoms with Crippen molar-refractivity contribution in [3.63, 3.8) is 0 Å². The number of nitrogens with two attached hydrogens (primary N) is 6. The zero-order valence-corrected chi connectivity index (χ0v) is 18.7. The highest BCUT2D eigenvalue weighted by molar-refractivity contribution is 6.08. The summed E-state index contributed by atoms with van der Waals surface area (Å²) in [5.74, 6) is -1.48. The Balaban J connectivity index is 3.85. The first-order valence-corrected chi connectivity index (χ1v) is 9.08. The molecule has 0 unspecified atom stereocenters. The Bertz CT molecular complexity index is 947. The summed E-state index contributed by atoms with van der Waals surface area (Å²) in [5.41, 5.74) is 35.4. The molecule has 0 saturated heterocycles. The first-order valence-electron chi connectivity index (χ1n) is 9.08. The van der Waals surface area contributed by atoms with Crippen molar-refractivity contribution in [2.45, 2.75) is 13.8 Å². The Kier molecular flexibility index (Phi) is 7.93. The first-order chi connectivity index (χ1) is 14.7. The zero-order chi connectivity index (χ0) is 24.9. The minimum absolute atomic E-state index is 0.219. The molecular weight excluding hydrogens is 414 g/mol. The van der Waals surface area contributed by atoms with Gasteiger partial charge in [-0.2, -0.15) is 15.0 Å². The van der Waals surface area contributed by atoms with E-state index in [1.54, 1.807) is 41.1 Å². The van der Waals surface area contributed by atoms with Crippen LogP contribution in [-0.4, -0.2) is 56.9 Å². The summed E-state index contributed by atoms with van der Waals surface area (Å²) in [7, 11) is 4.81. The van der Waals surface area contributed by atoms with Gasteiger partial charge in [-0.3, -0.25) is 16.2 Å². The van der Waals surface area contributed by atoms with Crippen molar-refractivity contribution in [1.82, 2.24) is 0 Å². The van der Waals surface area contributed by atoms with Gasteiger partial charge in [0.25, 0.3) is 0 Å². The number of hydrogen-bond acceptors (Lipinski definition) is 3. The molecule has 0 aromatic heterocycles. The second-order valence-electron chi connectivity index (χ2n) is 6.77. The molecule has 15 heteroatoms. The van der Waals surface area contributed by atoms with Gasteiger partial charge < -0.3 is 49.1 Å². The molecule has 0 saturated carbocycles. The molecule has 15 N–H and O–H groups in total. The largest absolute Gasteiger partial charge is 0.370 e. The lowest BCUT2D eigenvalue weighted by molar-refractivity contribution is 1.10. The Morgan fingerprint density at radius 1 is 0.625 bits per heavy atom. The van der Waals surface area contributed by atoms with Gasteiger partial charge in [-0.05, 0) is 31.0 Å². The van der Waals surface area contributed by atoms with Crippen LogP contribution in [0.4, 0.5) is 17.1 Å². The van der Waals surface area contributed by atoms with Crippen molar-refractivity contribution < 1.29 is 0 Å². The Morgan fingerprint density at radius 3 is 1.19 bits per heavy atom. The lowest BCUT2D eigenvalue weighted by Crippen LogP contribution is -2.34. The van der Waals surface area contributed by atoms with Crippen LogP contribution in [0.1, 0.15) is 11.1 Å². The number of benzene rings is 1. The van der Waals surface area contributed by atoms with Gasteiger partial charge in [0, 0.05) is 21.1 Å². The SMILES string of the molecule is Cc1c(N(C)C(=N)N=C(N)N)cc(N(C)C(=N)N=C(N)N)c(C)c1N(C)C(=N)N=C(N)N. The molecule has 0 heterocycles. The number of guanidine groups is 6. The second kappa shape index (κ2) is 9.96. The van der Waals surface area contributed by atoms with Crippen LogP contribution in [0, 0.1) is 30.1 Å². The Hall–Kier alpha value is -4.56. The zero-order valence-electron chi connectivity index (χ0n) is 18.7. The van der Waals surface area contributed by atoms with E-state index in [9.17, 15) is 0 Å². The van der Waals surface area contributed by atoms with E-state index in [0.29, 0.717) is 28.2 Å². The molecule has 0 amide bonds. The summed E-state index contributed by atoms with van der Waals surface area (Å²) in [6.45, 7) is 3.59. The lowest BCUT2D eigenvalue weighted by atomic mass is 10.0. The highest BCUT2D eigenvalue weighted by Crippen LogP contribution is 2.39. The maximum Gasteiger partial charge on any atom is 0.225 e. The minimum atomic E-state index is -0.273. The molecule has 174 valence electrons. The van der Waals surface area contributed by atoms with Gasteiger partial charge in [0.05, 0.1) is 17.1 Å². The third kappa shape index (κ3) is 5.74. The van der Waals surface area contributed by atoms with E-state index in [1.165, 1.54) is 14.7 Å². The topological polar surface area (TPSA) is 274 Å². The van der Waals surface area contributed by atoms with Gasteiger partial charge >= 0.3 is 0 Å². The quantitative estimate of drug-likeness (QED) is 0.188. The smallest absolute Gasteiger partial charge is 0.225 e. The molecule has 0 atom stereocenters. The number of nitrogens with one attached hydrogen (secondary N) is 3. The van der Waals surface area contributed by atoms with Gasteiger partial charge in [0.2, 0.25) is 17.9 Å². The monoisotopic (exact) mass is 445 g/mol. The van der Waals surface area contributed by atoms with Crippen LogP contribution >= 0.6 is 0 Å². The summed E-state index contributed by atoms with van der Waals surface area (Å²) < 4.78 is 0. The van der Waals surface area contributed by atoms with E-state index < -0.39 is 0 Å². The van der Waals surface area contributed by atoms with E-state index in [1.807, 2.05) is 0 Å². The summed E-state index contributed by atoms with van der Waals surface area (Å²) in [5, 5.41) is 24.6. The van der Waals surface area contributed by atoms with Crippen LogP contribution in [0.2, 0.25) is 0 Å². The fourth-order valence-electron chi connectivity index (χ4n) is 3.00. The van der Waals surface area contributed by atoms with Crippen molar-refractivity contribution in [2.24, 2.45) is 49.4 Å². The normalized spacial score (nSPS) is 9.91. The van der Waals surface area contributed by atoms with Crippen molar-refractivity contribution in [3.05, 3.63) is 17.2 Å². The van der Waals surface area contributed by atoms with E-state index in [0.717, 1.165) is 0 Å². The highest BCUT2D eigenvalue weighted by atomic mass is 15.3. The molecule has 0 bridgehead atoms. The molecular formula is C17H31N15. The molecule has 0 aliphatic heterocycles. The summed E-state index contributed by atoms with van der Waals surface area (Å²) in [4.78, 5) is 15.7. The number of nitrogens with zero attached hydrogens (tertiary/aromatic N) is 6. The molecule has 0 aliphatic carbocycles. The Labute approximate surface area is 186 Å². The van der Waals surface area contributed by atoms with Gasteiger partial charge in [0.1, 0.15) is 0 Å². The number of hydrogen-bond donors (Lipinski definition) is 9.